The molecule has 1 saturated carbocycles. The first-order chi connectivity index (χ1) is 10.9. The van der Waals surface area contributed by atoms with Crippen molar-refractivity contribution in [2.45, 2.75) is 18.8 Å². The Morgan fingerprint density at radius 3 is 2.65 bits per heavy atom. The van der Waals surface area contributed by atoms with E-state index in [9.17, 15) is 13.2 Å². The molecular weight excluding hydrogens is 312 g/mol. The molecule has 0 unspecified atom stereocenters. The van der Waals surface area contributed by atoms with E-state index in [1.54, 1.807) is 0 Å². The molecule has 1 fully saturated rings. The van der Waals surface area contributed by atoms with Crippen LogP contribution in [-0.4, -0.2) is 26.6 Å². The first-order valence-corrected chi connectivity index (χ1v) is 9.42. The summed E-state index contributed by atoms with van der Waals surface area (Å²) in [5.74, 6) is 0.146. The predicted molar refractivity (Wildman–Crippen MR) is 90.4 cm³/mol. The maximum atomic E-state index is 12.1. The third-order valence-corrected chi connectivity index (χ3v) is 5.09. The van der Waals surface area contributed by atoms with Crippen molar-refractivity contribution in [1.82, 2.24) is 5.32 Å². The lowest BCUT2D eigenvalue weighted by Gasteiger charge is -2.05. The molecule has 2 aromatic carbocycles. The molecule has 0 radical (unpaired) electrons. The van der Waals surface area contributed by atoms with Crippen LogP contribution >= 0.6 is 0 Å². The number of amides is 1. The van der Waals surface area contributed by atoms with E-state index in [4.69, 9.17) is 5.14 Å². The van der Waals surface area contributed by atoms with Crippen LogP contribution in [0.4, 0.5) is 0 Å². The predicted octanol–water partition coefficient (Wildman–Crippen LogP) is 1.74. The standard InChI is InChI=1S/C17H20N2O3S/c18-23(21,22)9-3-8-19-17(20)16-11-15(16)14-7-6-12-4-1-2-5-13(12)10-14/h1-2,4-7,10,15-16H,3,8-9,11H2,(H,19,20)(H2,18,21,22)/t15-,16+/m1/s1. The second kappa shape index (κ2) is 6.29. The summed E-state index contributed by atoms with van der Waals surface area (Å²) in [4.78, 5) is 12.1. The van der Waals surface area contributed by atoms with Crippen LogP contribution in [0.2, 0.25) is 0 Å². The fraction of sp³-hybridized carbons (Fsp3) is 0.353. The van der Waals surface area contributed by atoms with Crippen molar-refractivity contribution in [2.24, 2.45) is 11.1 Å². The summed E-state index contributed by atoms with van der Waals surface area (Å²) in [6, 6.07) is 14.5. The number of hydrogen-bond acceptors (Lipinski definition) is 3. The van der Waals surface area contributed by atoms with Gasteiger partial charge in [-0.15, -0.1) is 0 Å². The number of primary sulfonamides is 1. The van der Waals surface area contributed by atoms with Gasteiger partial charge in [0.1, 0.15) is 0 Å². The molecule has 3 N–H and O–H groups in total. The van der Waals surface area contributed by atoms with Gasteiger partial charge >= 0.3 is 0 Å². The van der Waals surface area contributed by atoms with Gasteiger partial charge in [-0.1, -0.05) is 42.5 Å². The Hall–Kier alpha value is -1.92. The fourth-order valence-corrected chi connectivity index (χ4v) is 3.45. The molecule has 1 amide bonds. The van der Waals surface area contributed by atoms with E-state index in [1.807, 2.05) is 12.1 Å². The highest BCUT2D eigenvalue weighted by atomic mass is 32.2. The summed E-state index contributed by atoms with van der Waals surface area (Å²) in [7, 11) is -3.45. The van der Waals surface area contributed by atoms with Crippen molar-refractivity contribution in [3.05, 3.63) is 48.0 Å². The highest BCUT2D eigenvalue weighted by molar-refractivity contribution is 7.89. The van der Waals surface area contributed by atoms with Crippen molar-refractivity contribution in [3.8, 4) is 0 Å². The lowest BCUT2D eigenvalue weighted by Crippen LogP contribution is -2.28. The van der Waals surface area contributed by atoms with Crippen molar-refractivity contribution >= 4 is 26.7 Å². The molecule has 0 heterocycles. The topological polar surface area (TPSA) is 89.3 Å². The summed E-state index contributed by atoms with van der Waals surface area (Å²) in [5, 5.41) is 10.1. The van der Waals surface area contributed by atoms with Crippen LogP contribution < -0.4 is 10.5 Å². The minimum absolute atomic E-state index is 0.00224. The molecule has 5 nitrogen and oxygen atoms in total. The van der Waals surface area contributed by atoms with Crippen LogP contribution in [0.3, 0.4) is 0 Å². The molecule has 2 aromatic rings. The van der Waals surface area contributed by atoms with Crippen LogP contribution in [-0.2, 0) is 14.8 Å². The molecular formula is C17H20N2O3S. The molecule has 2 atom stereocenters. The number of nitrogens with two attached hydrogens (primary N) is 1. The Bertz CT molecular complexity index is 833. The minimum atomic E-state index is -3.45. The zero-order valence-corrected chi connectivity index (χ0v) is 13.6. The van der Waals surface area contributed by atoms with Gasteiger partial charge in [-0.3, -0.25) is 4.79 Å². The molecule has 0 spiro atoms. The molecule has 1 aliphatic carbocycles. The van der Waals surface area contributed by atoms with Gasteiger partial charge in [0.25, 0.3) is 0 Å². The Morgan fingerprint density at radius 2 is 1.91 bits per heavy atom. The van der Waals surface area contributed by atoms with Gasteiger partial charge in [0.05, 0.1) is 5.75 Å². The third-order valence-electron chi connectivity index (χ3n) is 4.23. The molecule has 3 rings (SSSR count). The second-order valence-electron chi connectivity index (χ2n) is 6.07. The van der Waals surface area contributed by atoms with Gasteiger partial charge in [0.15, 0.2) is 0 Å². The maximum Gasteiger partial charge on any atom is 0.223 e. The number of hydrogen-bond donors (Lipinski definition) is 2. The van der Waals surface area contributed by atoms with Crippen molar-refractivity contribution < 1.29 is 13.2 Å². The Balaban J connectivity index is 1.54. The smallest absolute Gasteiger partial charge is 0.223 e. The highest BCUT2D eigenvalue weighted by Crippen LogP contribution is 2.48. The van der Waals surface area contributed by atoms with E-state index in [0.29, 0.717) is 13.0 Å². The van der Waals surface area contributed by atoms with Crippen LogP contribution in [0, 0.1) is 5.92 Å². The van der Waals surface area contributed by atoms with E-state index in [2.05, 4.69) is 35.6 Å². The molecule has 0 aromatic heterocycles. The summed E-state index contributed by atoms with van der Waals surface area (Å²) < 4.78 is 21.7. The monoisotopic (exact) mass is 332 g/mol. The van der Waals surface area contributed by atoms with Gasteiger partial charge in [-0.25, -0.2) is 13.6 Å². The van der Waals surface area contributed by atoms with E-state index in [-0.39, 0.29) is 23.5 Å². The summed E-state index contributed by atoms with van der Waals surface area (Å²) in [6.07, 6.45) is 1.19. The molecule has 23 heavy (non-hydrogen) atoms. The van der Waals surface area contributed by atoms with E-state index in [0.717, 1.165) is 6.42 Å². The number of benzene rings is 2. The third kappa shape index (κ3) is 4.09. The van der Waals surface area contributed by atoms with E-state index in [1.165, 1.54) is 16.3 Å². The Labute approximate surface area is 135 Å². The first-order valence-electron chi connectivity index (χ1n) is 7.71. The number of rotatable bonds is 6. The normalized spacial score (nSPS) is 20.4. The van der Waals surface area contributed by atoms with Crippen molar-refractivity contribution in [3.63, 3.8) is 0 Å². The van der Waals surface area contributed by atoms with Crippen LogP contribution in [0.1, 0.15) is 24.3 Å². The second-order valence-corrected chi connectivity index (χ2v) is 7.80. The molecule has 6 heteroatoms. The van der Waals surface area contributed by atoms with Crippen LogP contribution in [0.25, 0.3) is 10.8 Å². The average Bonchev–Trinajstić information content (AvgIpc) is 3.30. The van der Waals surface area contributed by atoms with Gasteiger partial charge in [0, 0.05) is 12.5 Å². The zero-order chi connectivity index (χ0) is 16.4. The van der Waals surface area contributed by atoms with Crippen molar-refractivity contribution in [2.75, 3.05) is 12.3 Å². The number of sulfonamides is 1. The summed E-state index contributed by atoms with van der Waals surface area (Å²) in [5.41, 5.74) is 1.19. The number of fused-ring (bicyclic) bond motifs is 1. The largest absolute Gasteiger partial charge is 0.356 e. The van der Waals surface area contributed by atoms with Crippen molar-refractivity contribution in [1.29, 1.82) is 0 Å². The highest BCUT2D eigenvalue weighted by Gasteiger charge is 2.43. The zero-order valence-electron chi connectivity index (χ0n) is 12.7. The molecule has 122 valence electrons. The lowest BCUT2D eigenvalue weighted by molar-refractivity contribution is -0.122. The molecule has 0 aliphatic heterocycles. The lowest BCUT2D eigenvalue weighted by atomic mass is 10.0. The summed E-state index contributed by atoms with van der Waals surface area (Å²) >= 11 is 0. The van der Waals surface area contributed by atoms with Gasteiger partial charge in [0.2, 0.25) is 15.9 Å². The van der Waals surface area contributed by atoms with Gasteiger partial charge in [-0.05, 0) is 35.1 Å². The number of nitrogens with one attached hydrogen (secondary N) is 1. The van der Waals surface area contributed by atoms with Gasteiger partial charge < -0.3 is 5.32 Å². The number of carbonyl (C=O) groups excluding carboxylic acids is 1. The van der Waals surface area contributed by atoms with Gasteiger partial charge in [-0.2, -0.15) is 0 Å². The van der Waals surface area contributed by atoms with E-state index < -0.39 is 10.0 Å². The van der Waals surface area contributed by atoms with Crippen LogP contribution in [0.15, 0.2) is 42.5 Å². The first kappa shape index (κ1) is 16.0. The average molecular weight is 332 g/mol. The Kier molecular flexibility index (Phi) is 4.37. The van der Waals surface area contributed by atoms with E-state index >= 15 is 0 Å². The molecule has 1 aliphatic rings. The quantitative estimate of drug-likeness (QED) is 0.790. The SMILES string of the molecule is NS(=O)(=O)CCCNC(=O)[C@H]1C[C@@H]1c1ccc2ccccc2c1. The fourth-order valence-electron chi connectivity index (χ4n) is 2.91. The Morgan fingerprint density at radius 1 is 1.17 bits per heavy atom. The number of carbonyl (C=O) groups is 1. The molecule has 0 bridgehead atoms. The minimum Gasteiger partial charge on any atom is -0.356 e. The summed E-state index contributed by atoms with van der Waals surface area (Å²) in [6.45, 7) is 0.343. The van der Waals surface area contributed by atoms with Crippen LogP contribution in [0.5, 0.6) is 0 Å². The maximum absolute atomic E-state index is 12.1. The molecule has 0 saturated heterocycles.